The number of nitrogens with zero attached hydrogens (tertiary/aromatic N) is 1. The SMILES string of the molecule is Cc1cccc2[nH]c(C3CCCCCCCCC3)nc12. The molecule has 108 valence electrons. The summed E-state index contributed by atoms with van der Waals surface area (Å²) in [6.07, 6.45) is 12.4. The number of hydrogen-bond donors (Lipinski definition) is 1. The molecular weight excluding hydrogens is 244 g/mol. The molecule has 1 fully saturated rings. The molecule has 0 spiro atoms. The average Bonchev–Trinajstić information content (AvgIpc) is 2.90. The molecule has 0 saturated heterocycles. The Morgan fingerprint density at radius 1 is 0.950 bits per heavy atom. The molecule has 3 rings (SSSR count). The van der Waals surface area contributed by atoms with E-state index in [9.17, 15) is 0 Å². The van der Waals surface area contributed by atoms with Crippen LogP contribution in [0.3, 0.4) is 0 Å². The molecule has 1 aromatic carbocycles. The lowest BCUT2D eigenvalue weighted by Gasteiger charge is -2.16. The van der Waals surface area contributed by atoms with Crippen LogP contribution in [0.4, 0.5) is 0 Å². The highest BCUT2D eigenvalue weighted by Gasteiger charge is 2.16. The van der Waals surface area contributed by atoms with Crippen molar-refractivity contribution < 1.29 is 0 Å². The van der Waals surface area contributed by atoms with Crippen LogP contribution in [-0.4, -0.2) is 9.97 Å². The van der Waals surface area contributed by atoms with Crippen LogP contribution in [0.1, 0.15) is 75.1 Å². The second-order valence-electron chi connectivity index (χ2n) is 6.34. The minimum absolute atomic E-state index is 0.639. The molecule has 1 aliphatic carbocycles. The van der Waals surface area contributed by atoms with Crippen molar-refractivity contribution in [3.05, 3.63) is 29.6 Å². The van der Waals surface area contributed by atoms with Gasteiger partial charge in [0.2, 0.25) is 0 Å². The van der Waals surface area contributed by atoms with Crippen molar-refractivity contribution in [1.29, 1.82) is 0 Å². The molecule has 2 heteroatoms. The predicted octanol–water partition coefficient (Wildman–Crippen LogP) is 5.48. The number of para-hydroxylation sites is 1. The van der Waals surface area contributed by atoms with Gasteiger partial charge in [0.25, 0.3) is 0 Å². The molecule has 0 aliphatic heterocycles. The summed E-state index contributed by atoms with van der Waals surface area (Å²) < 4.78 is 0. The molecule has 0 radical (unpaired) electrons. The van der Waals surface area contributed by atoms with Crippen LogP contribution < -0.4 is 0 Å². The third kappa shape index (κ3) is 3.05. The van der Waals surface area contributed by atoms with Gasteiger partial charge in [-0.05, 0) is 31.4 Å². The van der Waals surface area contributed by atoms with Crippen molar-refractivity contribution in [2.75, 3.05) is 0 Å². The lowest BCUT2D eigenvalue weighted by atomic mass is 9.92. The number of rotatable bonds is 1. The van der Waals surface area contributed by atoms with Crippen LogP contribution in [-0.2, 0) is 0 Å². The Morgan fingerprint density at radius 3 is 2.25 bits per heavy atom. The zero-order valence-corrected chi connectivity index (χ0v) is 12.6. The summed E-state index contributed by atoms with van der Waals surface area (Å²) in [4.78, 5) is 8.49. The van der Waals surface area contributed by atoms with Crippen molar-refractivity contribution in [2.45, 2.75) is 70.6 Å². The Kier molecular flexibility index (Phi) is 4.39. The number of fused-ring (bicyclic) bond motifs is 1. The predicted molar refractivity (Wildman–Crippen MR) is 85.1 cm³/mol. The number of aromatic amines is 1. The number of aromatic nitrogens is 2. The maximum absolute atomic E-state index is 4.91. The second kappa shape index (κ2) is 6.43. The highest BCUT2D eigenvalue weighted by atomic mass is 14.9. The van der Waals surface area contributed by atoms with E-state index in [1.807, 2.05) is 0 Å². The Hall–Kier alpha value is -1.31. The van der Waals surface area contributed by atoms with Gasteiger partial charge < -0.3 is 4.98 Å². The van der Waals surface area contributed by atoms with Gasteiger partial charge in [-0.15, -0.1) is 0 Å². The molecule has 1 aromatic heterocycles. The van der Waals surface area contributed by atoms with E-state index < -0.39 is 0 Å². The van der Waals surface area contributed by atoms with Crippen LogP contribution in [0.2, 0.25) is 0 Å². The number of H-pyrrole nitrogens is 1. The van der Waals surface area contributed by atoms with E-state index in [2.05, 4.69) is 30.1 Å². The molecule has 2 nitrogen and oxygen atoms in total. The average molecular weight is 270 g/mol. The van der Waals surface area contributed by atoms with E-state index in [4.69, 9.17) is 4.98 Å². The van der Waals surface area contributed by atoms with Gasteiger partial charge in [0.15, 0.2) is 0 Å². The largest absolute Gasteiger partial charge is 0.342 e. The third-order valence-electron chi connectivity index (χ3n) is 4.72. The summed E-state index contributed by atoms with van der Waals surface area (Å²) >= 11 is 0. The van der Waals surface area contributed by atoms with Gasteiger partial charge in [-0.3, -0.25) is 0 Å². The van der Waals surface area contributed by atoms with Gasteiger partial charge in [0.1, 0.15) is 5.82 Å². The molecule has 1 saturated carbocycles. The van der Waals surface area contributed by atoms with Gasteiger partial charge in [-0.1, -0.05) is 57.1 Å². The second-order valence-corrected chi connectivity index (χ2v) is 6.34. The van der Waals surface area contributed by atoms with Crippen molar-refractivity contribution in [2.24, 2.45) is 0 Å². The minimum atomic E-state index is 0.639. The number of benzene rings is 1. The summed E-state index contributed by atoms with van der Waals surface area (Å²) in [5.41, 5.74) is 3.65. The van der Waals surface area contributed by atoms with Crippen molar-refractivity contribution in [3.8, 4) is 0 Å². The number of nitrogens with one attached hydrogen (secondary N) is 1. The molecule has 0 unspecified atom stereocenters. The van der Waals surface area contributed by atoms with Crippen LogP contribution in [0, 0.1) is 6.92 Å². The topological polar surface area (TPSA) is 28.7 Å². The monoisotopic (exact) mass is 270 g/mol. The fourth-order valence-corrected chi connectivity index (χ4v) is 3.47. The lowest BCUT2D eigenvalue weighted by Crippen LogP contribution is -2.03. The van der Waals surface area contributed by atoms with Crippen molar-refractivity contribution in [3.63, 3.8) is 0 Å². The normalized spacial score (nSPS) is 19.2. The zero-order valence-electron chi connectivity index (χ0n) is 12.6. The van der Waals surface area contributed by atoms with Gasteiger partial charge in [-0.25, -0.2) is 4.98 Å². The standard InChI is InChI=1S/C18H26N2/c1-14-10-9-13-16-17(14)20-18(19-16)15-11-7-5-3-2-4-6-8-12-15/h9-10,13,15H,2-8,11-12H2,1H3,(H,19,20). The number of hydrogen-bond acceptors (Lipinski definition) is 1. The molecule has 0 atom stereocenters. The molecule has 20 heavy (non-hydrogen) atoms. The molecule has 0 amide bonds. The molecule has 0 bridgehead atoms. The maximum Gasteiger partial charge on any atom is 0.110 e. The summed E-state index contributed by atoms with van der Waals surface area (Å²) in [5, 5.41) is 0. The summed E-state index contributed by atoms with van der Waals surface area (Å²) in [5.74, 6) is 1.87. The van der Waals surface area contributed by atoms with Crippen LogP contribution >= 0.6 is 0 Å². The molecule has 1 heterocycles. The van der Waals surface area contributed by atoms with E-state index in [1.54, 1.807) is 0 Å². The van der Waals surface area contributed by atoms with Gasteiger partial charge in [-0.2, -0.15) is 0 Å². The molecule has 1 aliphatic rings. The fraction of sp³-hybridized carbons (Fsp3) is 0.611. The zero-order chi connectivity index (χ0) is 13.8. The molecule has 1 N–H and O–H groups in total. The summed E-state index contributed by atoms with van der Waals surface area (Å²) in [6, 6.07) is 6.42. The van der Waals surface area contributed by atoms with E-state index >= 15 is 0 Å². The van der Waals surface area contributed by atoms with Crippen LogP contribution in [0.25, 0.3) is 11.0 Å². The summed E-state index contributed by atoms with van der Waals surface area (Å²) in [6.45, 7) is 2.15. The van der Waals surface area contributed by atoms with Gasteiger partial charge in [0.05, 0.1) is 11.0 Å². The quantitative estimate of drug-likeness (QED) is 0.730. The lowest BCUT2D eigenvalue weighted by molar-refractivity contribution is 0.453. The van der Waals surface area contributed by atoms with Crippen LogP contribution in [0.15, 0.2) is 18.2 Å². The fourth-order valence-electron chi connectivity index (χ4n) is 3.47. The Bertz CT molecular complexity index is 546. The van der Waals surface area contributed by atoms with Crippen molar-refractivity contribution >= 4 is 11.0 Å². The molecular formula is C18H26N2. The van der Waals surface area contributed by atoms with Crippen molar-refractivity contribution in [1.82, 2.24) is 9.97 Å². The highest BCUT2D eigenvalue weighted by molar-refractivity contribution is 5.78. The van der Waals surface area contributed by atoms with E-state index in [-0.39, 0.29) is 0 Å². The maximum atomic E-state index is 4.91. The first-order valence-electron chi connectivity index (χ1n) is 8.30. The van der Waals surface area contributed by atoms with Crippen LogP contribution in [0.5, 0.6) is 0 Å². The highest BCUT2D eigenvalue weighted by Crippen LogP contribution is 2.30. The molecule has 2 aromatic rings. The van der Waals surface area contributed by atoms with E-state index in [0.29, 0.717) is 5.92 Å². The first-order chi connectivity index (χ1) is 9.84. The first kappa shape index (κ1) is 13.7. The van der Waals surface area contributed by atoms with E-state index in [1.165, 1.54) is 80.2 Å². The van der Waals surface area contributed by atoms with E-state index in [0.717, 1.165) is 0 Å². The third-order valence-corrected chi connectivity index (χ3v) is 4.72. The minimum Gasteiger partial charge on any atom is -0.342 e. The Morgan fingerprint density at radius 2 is 1.60 bits per heavy atom. The Balaban J connectivity index is 1.81. The van der Waals surface area contributed by atoms with Gasteiger partial charge >= 0.3 is 0 Å². The summed E-state index contributed by atoms with van der Waals surface area (Å²) in [7, 11) is 0. The Labute approximate surface area is 122 Å². The first-order valence-corrected chi connectivity index (χ1v) is 8.30. The number of imidazole rings is 1. The smallest absolute Gasteiger partial charge is 0.110 e. The number of aryl methyl sites for hydroxylation is 1. The van der Waals surface area contributed by atoms with Gasteiger partial charge in [0, 0.05) is 5.92 Å².